The number of hydrogen-bond donors (Lipinski definition) is 4. The lowest BCUT2D eigenvalue weighted by atomic mass is 10.1. The second kappa shape index (κ2) is 11.5. The minimum Gasteiger partial charge on any atom is -0.497 e. The maximum Gasteiger partial charge on any atom is 0.120 e. The summed E-state index contributed by atoms with van der Waals surface area (Å²) in [5.41, 5.74) is 29.0. The van der Waals surface area contributed by atoms with Crippen LogP contribution in [0.25, 0.3) is 0 Å². The van der Waals surface area contributed by atoms with Gasteiger partial charge in [-0.2, -0.15) is 0 Å². The Kier molecular flexibility index (Phi) is 8.47. The third-order valence-electron chi connectivity index (χ3n) is 5.07. The zero-order valence-electron chi connectivity index (χ0n) is 18.5. The maximum atomic E-state index is 6.02. The van der Waals surface area contributed by atoms with Gasteiger partial charge in [0.2, 0.25) is 0 Å². The number of benzene rings is 3. The predicted octanol–water partition coefficient (Wildman–Crippen LogP) is 2.69. The Morgan fingerprint density at radius 2 is 0.781 bits per heavy atom. The molecule has 7 heteroatoms. The molecule has 0 bridgehead atoms. The first-order valence-corrected chi connectivity index (χ1v) is 10.5. The normalized spacial score (nSPS) is 10.8. The quantitative estimate of drug-likeness (QED) is 0.363. The molecule has 0 aliphatic heterocycles. The lowest BCUT2D eigenvalue weighted by molar-refractivity contribution is 0.297. The Bertz CT molecular complexity index is 917. The Labute approximate surface area is 189 Å². The monoisotopic (exact) mass is 436 g/mol. The largest absolute Gasteiger partial charge is 0.497 e. The summed E-state index contributed by atoms with van der Waals surface area (Å²) in [5.74, 6) is 2.21. The summed E-state index contributed by atoms with van der Waals surface area (Å²) < 4.78 is 17.5. The summed E-state index contributed by atoms with van der Waals surface area (Å²) in [5, 5.41) is 0. The van der Waals surface area contributed by atoms with Crippen LogP contribution in [0.5, 0.6) is 17.2 Å². The van der Waals surface area contributed by atoms with Crippen LogP contribution in [-0.4, -0.2) is 7.11 Å². The van der Waals surface area contributed by atoms with Gasteiger partial charge in [-0.1, -0.05) is 12.1 Å². The second-order valence-electron chi connectivity index (χ2n) is 7.55. The highest BCUT2D eigenvalue weighted by molar-refractivity contribution is 5.38. The van der Waals surface area contributed by atoms with E-state index in [1.165, 1.54) is 0 Å². The molecule has 32 heavy (non-hydrogen) atoms. The van der Waals surface area contributed by atoms with Crippen molar-refractivity contribution >= 4 is 0 Å². The van der Waals surface area contributed by atoms with Crippen molar-refractivity contribution in [2.75, 3.05) is 7.11 Å². The number of ether oxygens (including phenoxy) is 3. The summed E-state index contributed by atoms with van der Waals surface area (Å²) in [6.45, 7) is 2.48. The Morgan fingerprint density at radius 1 is 0.469 bits per heavy atom. The highest BCUT2D eigenvalue weighted by Crippen LogP contribution is 2.23. The van der Waals surface area contributed by atoms with Crippen molar-refractivity contribution in [1.29, 1.82) is 0 Å². The predicted molar refractivity (Wildman–Crippen MR) is 126 cm³/mol. The molecule has 8 N–H and O–H groups in total. The van der Waals surface area contributed by atoms with Crippen molar-refractivity contribution < 1.29 is 14.2 Å². The molecule has 0 aliphatic rings. The lowest BCUT2D eigenvalue weighted by Crippen LogP contribution is -2.05. The van der Waals surface area contributed by atoms with E-state index in [1.54, 1.807) is 7.11 Å². The first kappa shape index (κ1) is 23.6. The topological polar surface area (TPSA) is 132 Å². The average molecular weight is 437 g/mol. The van der Waals surface area contributed by atoms with Crippen LogP contribution in [0.2, 0.25) is 0 Å². The summed E-state index contributed by atoms with van der Waals surface area (Å²) in [7, 11) is 1.64. The molecule has 3 aromatic rings. The van der Waals surface area contributed by atoms with Crippen LogP contribution in [0.1, 0.15) is 33.4 Å². The summed E-state index contributed by atoms with van der Waals surface area (Å²) in [4.78, 5) is 0. The fourth-order valence-electron chi connectivity index (χ4n) is 3.44. The van der Waals surface area contributed by atoms with Gasteiger partial charge in [-0.05, 0) is 75.8 Å². The van der Waals surface area contributed by atoms with E-state index < -0.39 is 0 Å². The zero-order valence-corrected chi connectivity index (χ0v) is 18.5. The van der Waals surface area contributed by atoms with E-state index in [2.05, 4.69) is 0 Å². The van der Waals surface area contributed by atoms with E-state index in [0.717, 1.165) is 50.6 Å². The van der Waals surface area contributed by atoms with Gasteiger partial charge in [0, 0.05) is 26.2 Å². The molecule has 0 saturated heterocycles. The van der Waals surface area contributed by atoms with Crippen molar-refractivity contribution in [3.05, 3.63) is 88.0 Å². The van der Waals surface area contributed by atoms with Crippen LogP contribution in [0.3, 0.4) is 0 Å². The van der Waals surface area contributed by atoms with Gasteiger partial charge in [-0.15, -0.1) is 0 Å². The van der Waals surface area contributed by atoms with Crippen LogP contribution in [0.15, 0.2) is 54.6 Å². The van der Waals surface area contributed by atoms with Gasteiger partial charge in [-0.25, -0.2) is 0 Å². The molecular formula is C25H32N4O3. The number of rotatable bonds is 11. The summed E-state index contributed by atoms with van der Waals surface area (Å²) in [6.07, 6.45) is 0. The Balaban J connectivity index is 1.73. The maximum absolute atomic E-state index is 6.02. The van der Waals surface area contributed by atoms with Crippen molar-refractivity contribution in [3.8, 4) is 17.2 Å². The first-order valence-electron chi connectivity index (χ1n) is 10.5. The molecule has 0 atom stereocenters. The third-order valence-corrected chi connectivity index (χ3v) is 5.07. The second-order valence-corrected chi connectivity index (χ2v) is 7.55. The number of nitrogens with two attached hydrogens (primary N) is 4. The van der Waals surface area contributed by atoms with Gasteiger partial charge >= 0.3 is 0 Å². The van der Waals surface area contributed by atoms with Crippen LogP contribution < -0.4 is 37.1 Å². The highest BCUT2D eigenvalue weighted by atomic mass is 16.5. The molecule has 0 spiro atoms. The van der Waals surface area contributed by atoms with Crippen molar-refractivity contribution in [1.82, 2.24) is 0 Å². The molecule has 0 amide bonds. The van der Waals surface area contributed by atoms with E-state index in [1.807, 2.05) is 54.6 Å². The smallest absolute Gasteiger partial charge is 0.120 e. The zero-order chi connectivity index (χ0) is 22.9. The van der Waals surface area contributed by atoms with Crippen LogP contribution in [0.4, 0.5) is 0 Å². The van der Waals surface area contributed by atoms with E-state index in [0.29, 0.717) is 39.4 Å². The Morgan fingerprint density at radius 3 is 1.09 bits per heavy atom. The van der Waals surface area contributed by atoms with E-state index in [-0.39, 0.29) is 0 Å². The molecule has 0 saturated carbocycles. The van der Waals surface area contributed by atoms with Gasteiger partial charge in [0.05, 0.1) is 7.11 Å². The van der Waals surface area contributed by atoms with Gasteiger partial charge in [-0.3, -0.25) is 0 Å². The van der Waals surface area contributed by atoms with Crippen LogP contribution in [0, 0.1) is 0 Å². The molecule has 0 aliphatic carbocycles. The molecule has 3 aromatic carbocycles. The van der Waals surface area contributed by atoms with E-state index in [9.17, 15) is 0 Å². The number of methoxy groups -OCH3 is 1. The first-order chi connectivity index (χ1) is 15.6. The van der Waals surface area contributed by atoms with Crippen molar-refractivity contribution in [2.45, 2.75) is 39.4 Å². The molecule has 170 valence electrons. The van der Waals surface area contributed by atoms with Crippen LogP contribution >= 0.6 is 0 Å². The molecule has 0 fully saturated rings. The molecule has 3 rings (SSSR count). The average Bonchev–Trinajstić information content (AvgIpc) is 2.85. The standard InChI is InChI=1S/C25H32N4O3/c1-30-23-9-21(15-31-24-5-17(11-26)2-18(6-24)12-27)4-22(10-23)16-32-25-7-19(13-28)3-20(8-25)14-29/h2-10H,11-16,26-29H2,1H3. The number of hydrogen-bond acceptors (Lipinski definition) is 7. The van der Waals surface area contributed by atoms with E-state index in [4.69, 9.17) is 37.1 Å². The van der Waals surface area contributed by atoms with Gasteiger partial charge in [0.15, 0.2) is 0 Å². The third kappa shape index (κ3) is 6.45. The molecule has 0 unspecified atom stereocenters. The molecule has 0 heterocycles. The minimum absolute atomic E-state index is 0.377. The van der Waals surface area contributed by atoms with Crippen LogP contribution in [-0.2, 0) is 39.4 Å². The fraction of sp³-hybridized carbons (Fsp3) is 0.280. The van der Waals surface area contributed by atoms with Crippen molar-refractivity contribution in [2.24, 2.45) is 22.9 Å². The van der Waals surface area contributed by atoms with Crippen molar-refractivity contribution in [3.63, 3.8) is 0 Å². The highest BCUT2D eigenvalue weighted by Gasteiger charge is 2.07. The van der Waals surface area contributed by atoms with E-state index >= 15 is 0 Å². The van der Waals surface area contributed by atoms with Gasteiger partial charge in [0.25, 0.3) is 0 Å². The molecule has 0 aromatic heterocycles. The fourth-order valence-corrected chi connectivity index (χ4v) is 3.44. The summed E-state index contributed by atoms with van der Waals surface area (Å²) in [6, 6.07) is 17.6. The molecule has 7 nitrogen and oxygen atoms in total. The lowest BCUT2D eigenvalue weighted by Gasteiger charge is -2.14. The summed E-state index contributed by atoms with van der Waals surface area (Å²) >= 11 is 0. The van der Waals surface area contributed by atoms with Gasteiger partial charge in [0.1, 0.15) is 30.5 Å². The van der Waals surface area contributed by atoms with Gasteiger partial charge < -0.3 is 37.1 Å². The minimum atomic E-state index is 0.377. The molecular weight excluding hydrogens is 404 g/mol. The SMILES string of the molecule is COc1cc(COc2cc(CN)cc(CN)c2)cc(COc2cc(CN)cc(CN)c2)c1. The Hall–Kier alpha value is -3.10. The molecule has 0 radical (unpaired) electrons.